The molecule has 0 aliphatic carbocycles. The van der Waals surface area contributed by atoms with Gasteiger partial charge in [0, 0.05) is 26.3 Å². The summed E-state index contributed by atoms with van der Waals surface area (Å²) in [5, 5.41) is 6.57. The molecule has 0 bridgehead atoms. The summed E-state index contributed by atoms with van der Waals surface area (Å²) in [6.45, 7) is 0.544. The van der Waals surface area contributed by atoms with Gasteiger partial charge in [-0.25, -0.2) is 12.7 Å². The molecule has 0 radical (unpaired) electrons. The minimum absolute atomic E-state index is 0.0187. The lowest BCUT2D eigenvalue weighted by Crippen LogP contribution is -2.36. The molecule has 2 rings (SSSR count). The van der Waals surface area contributed by atoms with Crippen molar-refractivity contribution in [3.63, 3.8) is 0 Å². The number of hydrogen-bond donors (Lipinski definition) is 2. The molecular formula is C17H24N4O3S2. The van der Waals surface area contributed by atoms with Crippen molar-refractivity contribution in [2.75, 3.05) is 40.1 Å². The van der Waals surface area contributed by atoms with Gasteiger partial charge < -0.3 is 15.1 Å². The first-order valence-corrected chi connectivity index (χ1v) is 9.84. The molecule has 0 saturated heterocycles. The van der Waals surface area contributed by atoms with Gasteiger partial charge >= 0.3 is 0 Å². The van der Waals surface area contributed by atoms with Crippen LogP contribution >= 0.6 is 12.2 Å². The summed E-state index contributed by atoms with van der Waals surface area (Å²) in [5.41, 5.74) is 0.602. The van der Waals surface area contributed by atoms with Gasteiger partial charge in [-0.15, -0.1) is 0 Å². The molecule has 0 aliphatic rings. The molecule has 1 aromatic heterocycles. The molecule has 26 heavy (non-hydrogen) atoms. The largest absolute Gasteiger partial charge is 0.468 e. The molecule has 2 N–H and O–H groups in total. The number of thiocarbonyl (C=S) groups is 1. The van der Waals surface area contributed by atoms with Crippen LogP contribution in [0.3, 0.4) is 0 Å². The van der Waals surface area contributed by atoms with Crippen molar-refractivity contribution >= 4 is 33.0 Å². The van der Waals surface area contributed by atoms with E-state index in [0.29, 0.717) is 17.3 Å². The Morgan fingerprint density at radius 1 is 1.19 bits per heavy atom. The van der Waals surface area contributed by atoms with Crippen LogP contribution in [0.25, 0.3) is 0 Å². The number of nitrogens with zero attached hydrogens (tertiary/aromatic N) is 2. The zero-order valence-corrected chi connectivity index (χ0v) is 16.9. The normalized spacial score (nSPS) is 13.0. The van der Waals surface area contributed by atoms with Crippen LogP contribution in [0.1, 0.15) is 11.8 Å². The van der Waals surface area contributed by atoms with Crippen LogP contribution in [0.15, 0.2) is 52.0 Å². The van der Waals surface area contributed by atoms with Gasteiger partial charge in [0.1, 0.15) is 5.76 Å². The van der Waals surface area contributed by atoms with E-state index in [1.165, 1.54) is 18.4 Å². The highest BCUT2D eigenvalue weighted by Gasteiger charge is 2.18. The van der Waals surface area contributed by atoms with Gasteiger partial charge in [0.15, 0.2) is 5.11 Å². The predicted molar refractivity (Wildman–Crippen MR) is 107 cm³/mol. The summed E-state index contributed by atoms with van der Waals surface area (Å²) in [5.74, 6) is 0.837. The van der Waals surface area contributed by atoms with Crippen molar-refractivity contribution in [3.05, 3.63) is 48.4 Å². The standard InChI is InChI=1S/C17H24N4O3S2/c1-20(2)15(16-9-6-10-24-16)12-18-17(25)19-13-7-5-8-14(11-13)26(22,23)21(3)4/h5-11,15H,12H2,1-4H3,(H2,18,19,25)/t15-/m0/s1. The average Bonchev–Trinajstić information content (AvgIpc) is 3.09. The van der Waals surface area contributed by atoms with Crippen molar-refractivity contribution in [2.24, 2.45) is 0 Å². The minimum atomic E-state index is -3.49. The van der Waals surface area contributed by atoms with E-state index in [1.807, 2.05) is 31.1 Å². The Labute approximate surface area is 160 Å². The number of rotatable bonds is 7. The predicted octanol–water partition coefficient (Wildman–Crippen LogP) is 2.12. The van der Waals surface area contributed by atoms with Gasteiger partial charge in [-0.3, -0.25) is 4.90 Å². The SMILES string of the molecule is CN(C)[C@@H](CNC(=S)Nc1cccc(S(=O)(=O)N(C)C)c1)c1ccco1. The van der Waals surface area contributed by atoms with E-state index in [0.717, 1.165) is 5.76 Å². The Morgan fingerprint density at radius 3 is 2.50 bits per heavy atom. The third-order valence-electron chi connectivity index (χ3n) is 3.82. The van der Waals surface area contributed by atoms with Crippen LogP contribution in [0.2, 0.25) is 0 Å². The molecule has 1 aromatic carbocycles. The molecule has 0 amide bonds. The van der Waals surface area contributed by atoms with Gasteiger partial charge in [0.25, 0.3) is 0 Å². The minimum Gasteiger partial charge on any atom is -0.468 e. The molecule has 0 unspecified atom stereocenters. The Morgan fingerprint density at radius 2 is 1.92 bits per heavy atom. The number of nitrogens with one attached hydrogen (secondary N) is 2. The monoisotopic (exact) mass is 396 g/mol. The summed E-state index contributed by atoms with van der Waals surface area (Å²) in [7, 11) is 3.42. The Hall–Kier alpha value is -1.94. The Kier molecular flexibility index (Phi) is 6.76. The van der Waals surface area contributed by atoms with E-state index in [1.54, 1.807) is 30.5 Å². The molecule has 9 heteroatoms. The van der Waals surface area contributed by atoms with Crippen LogP contribution in [0, 0.1) is 0 Å². The molecule has 1 heterocycles. The summed E-state index contributed by atoms with van der Waals surface area (Å²) in [6, 6.07) is 10.3. The fraction of sp³-hybridized carbons (Fsp3) is 0.353. The third kappa shape index (κ3) is 5.04. The number of likely N-dealkylation sites (N-methyl/N-ethyl adjacent to an activating group) is 1. The number of benzene rings is 1. The Bertz CT molecular complexity index is 833. The molecule has 1 atom stereocenters. The second-order valence-electron chi connectivity index (χ2n) is 6.15. The van der Waals surface area contributed by atoms with E-state index in [4.69, 9.17) is 16.6 Å². The zero-order chi connectivity index (χ0) is 19.3. The van der Waals surface area contributed by atoms with E-state index in [-0.39, 0.29) is 10.9 Å². The Balaban J connectivity index is 2.02. The fourth-order valence-electron chi connectivity index (χ4n) is 2.33. The maximum Gasteiger partial charge on any atom is 0.242 e. The van der Waals surface area contributed by atoms with Crippen LogP contribution in [-0.2, 0) is 10.0 Å². The maximum atomic E-state index is 12.2. The number of hydrogen-bond acceptors (Lipinski definition) is 5. The summed E-state index contributed by atoms with van der Waals surface area (Å²) in [4.78, 5) is 2.23. The molecule has 0 fully saturated rings. The van der Waals surface area contributed by atoms with Gasteiger partial charge in [-0.05, 0) is 56.6 Å². The lowest BCUT2D eigenvalue weighted by Gasteiger charge is -2.23. The van der Waals surface area contributed by atoms with Crippen molar-refractivity contribution < 1.29 is 12.8 Å². The highest BCUT2D eigenvalue weighted by molar-refractivity contribution is 7.89. The van der Waals surface area contributed by atoms with Gasteiger partial charge in [-0.2, -0.15) is 0 Å². The molecule has 7 nitrogen and oxygen atoms in total. The number of sulfonamides is 1. The molecule has 2 aromatic rings. The van der Waals surface area contributed by atoms with Crippen LogP contribution in [-0.4, -0.2) is 57.5 Å². The van der Waals surface area contributed by atoms with Crippen molar-refractivity contribution in [3.8, 4) is 0 Å². The lowest BCUT2D eigenvalue weighted by atomic mass is 10.2. The fourth-order valence-corrected chi connectivity index (χ4v) is 3.48. The first kappa shape index (κ1) is 20.4. The van der Waals surface area contributed by atoms with Crippen molar-refractivity contribution in [1.29, 1.82) is 0 Å². The van der Waals surface area contributed by atoms with E-state index in [9.17, 15) is 8.42 Å². The summed E-state index contributed by atoms with van der Waals surface area (Å²) >= 11 is 5.33. The van der Waals surface area contributed by atoms with E-state index < -0.39 is 10.0 Å². The second kappa shape index (κ2) is 8.63. The topological polar surface area (TPSA) is 77.8 Å². The molecule has 142 valence electrons. The van der Waals surface area contributed by atoms with Crippen LogP contribution in [0.4, 0.5) is 5.69 Å². The first-order valence-electron chi connectivity index (χ1n) is 7.99. The van der Waals surface area contributed by atoms with Crippen LogP contribution in [0.5, 0.6) is 0 Å². The smallest absolute Gasteiger partial charge is 0.242 e. The highest BCUT2D eigenvalue weighted by Crippen LogP contribution is 2.19. The van der Waals surface area contributed by atoms with Crippen LogP contribution < -0.4 is 10.6 Å². The highest BCUT2D eigenvalue weighted by atomic mass is 32.2. The number of anilines is 1. The lowest BCUT2D eigenvalue weighted by molar-refractivity contribution is 0.259. The molecule has 0 spiro atoms. The molecule has 0 aliphatic heterocycles. The van der Waals surface area contributed by atoms with Gasteiger partial charge in [0.05, 0.1) is 17.2 Å². The van der Waals surface area contributed by atoms with Gasteiger partial charge in [-0.1, -0.05) is 6.07 Å². The maximum absolute atomic E-state index is 12.2. The quantitative estimate of drug-likeness (QED) is 0.694. The van der Waals surface area contributed by atoms with Gasteiger partial charge in [0.2, 0.25) is 10.0 Å². The van der Waals surface area contributed by atoms with E-state index in [2.05, 4.69) is 10.6 Å². The third-order valence-corrected chi connectivity index (χ3v) is 5.88. The molecule has 0 saturated carbocycles. The average molecular weight is 397 g/mol. The zero-order valence-electron chi connectivity index (χ0n) is 15.3. The number of furan rings is 1. The van der Waals surface area contributed by atoms with Crippen molar-refractivity contribution in [2.45, 2.75) is 10.9 Å². The molecular weight excluding hydrogens is 372 g/mol. The first-order chi connectivity index (χ1) is 12.2. The van der Waals surface area contributed by atoms with Crippen molar-refractivity contribution in [1.82, 2.24) is 14.5 Å². The summed E-state index contributed by atoms with van der Waals surface area (Å²) < 4.78 is 31.1. The summed E-state index contributed by atoms with van der Waals surface area (Å²) in [6.07, 6.45) is 1.64. The van der Waals surface area contributed by atoms with E-state index >= 15 is 0 Å². The second-order valence-corrected chi connectivity index (χ2v) is 8.71.